The van der Waals surface area contributed by atoms with Crippen molar-refractivity contribution in [2.24, 2.45) is 0 Å². The number of para-hydroxylation sites is 1. The molecule has 2 saturated heterocycles. The Bertz CT molecular complexity index is 1370. The fourth-order valence-electron chi connectivity index (χ4n) is 5.06. The number of carbonyl (C=O) groups is 2. The molecule has 210 valence electrons. The number of amides is 2. The quantitative estimate of drug-likeness (QED) is 0.243. The molecule has 11 heteroatoms. The van der Waals surface area contributed by atoms with Crippen molar-refractivity contribution in [2.75, 3.05) is 61.4 Å². The summed E-state index contributed by atoms with van der Waals surface area (Å²) in [6.07, 6.45) is 0. The fraction of sp³-hybridized carbons (Fsp3) is 0.379. The molecule has 0 N–H and O–H groups in total. The summed E-state index contributed by atoms with van der Waals surface area (Å²) in [5.41, 5.74) is 2.37. The van der Waals surface area contributed by atoms with Crippen molar-refractivity contribution in [1.29, 1.82) is 0 Å². The predicted molar refractivity (Wildman–Crippen MR) is 157 cm³/mol. The van der Waals surface area contributed by atoms with Crippen LogP contribution in [0.15, 0.2) is 59.8 Å². The van der Waals surface area contributed by atoms with Crippen molar-refractivity contribution in [2.45, 2.75) is 25.0 Å². The summed E-state index contributed by atoms with van der Waals surface area (Å²) in [5, 5.41) is 0.746. The summed E-state index contributed by atoms with van der Waals surface area (Å²) in [5.74, 6) is 0.634. The van der Waals surface area contributed by atoms with Crippen molar-refractivity contribution < 1.29 is 14.0 Å². The Balaban J connectivity index is 1.15. The molecular formula is C29H32ClFN6O2S. The molecule has 2 fully saturated rings. The van der Waals surface area contributed by atoms with Crippen LogP contribution in [-0.2, 0) is 4.79 Å². The third kappa shape index (κ3) is 6.50. The van der Waals surface area contributed by atoms with E-state index in [2.05, 4.69) is 14.9 Å². The van der Waals surface area contributed by atoms with Gasteiger partial charge < -0.3 is 19.6 Å². The number of piperazine rings is 2. The topological polar surface area (TPSA) is 72.9 Å². The summed E-state index contributed by atoms with van der Waals surface area (Å²) < 4.78 is 14.1. The van der Waals surface area contributed by atoms with Gasteiger partial charge in [0.05, 0.1) is 11.4 Å². The second-order valence-electron chi connectivity index (χ2n) is 10.1. The lowest BCUT2D eigenvalue weighted by molar-refractivity contribution is -0.128. The molecule has 5 rings (SSSR count). The van der Waals surface area contributed by atoms with E-state index < -0.39 is 0 Å². The van der Waals surface area contributed by atoms with Crippen molar-refractivity contribution in [3.05, 3.63) is 76.7 Å². The molecule has 3 heterocycles. The molecular weight excluding hydrogens is 551 g/mol. The third-order valence-electron chi connectivity index (χ3n) is 7.32. The molecule has 2 aliphatic rings. The molecule has 0 spiro atoms. The molecule has 1 atom stereocenters. The van der Waals surface area contributed by atoms with E-state index in [0.29, 0.717) is 73.2 Å². The number of nitrogens with zero attached hydrogens (tertiary/aromatic N) is 6. The Labute approximate surface area is 243 Å². The van der Waals surface area contributed by atoms with E-state index in [4.69, 9.17) is 11.6 Å². The summed E-state index contributed by atoms with van der Waals surface area (Å²) in [7, 11) is 0. The number of hydrogen-bond donors (Lipinski definition) is 0. The minimum absolute atomic E-state index is 0.0137. The van der Waals surface area contributed by atoms with Gasteiger partial charge in [-0.05, 0) is 38.1 Å². The lowest BCUT2D eigenvalue weighted by Crippen LogP contribution is -2.54. The maximum absolute atomic E-state index is 14.1. The van der Waals surface area contributed by atoms with Crippen LogP contribution in [0.2, 0.25) is 5.15 Å². The molecule has 2 aliphatic heterocycles. The predicted octanol–water partition coefficient (Wildman–Crippen LogP) is 4.37. The van der Waals surface area contributed by atoms with Crippen LogP contribution < -0.4 is 9.80 Å². The van der Waals surface area contributed by atoms with Crippen LogP contribution in [0.3, 0.4) is 0 Å². The molecule has 0 saturated carbocycles. The summed E-state index contributed by atoms with van der Waals surface area (Å²) in [6.45, 7) is 8.03. The zero-order chi connectivity index (χ0) is 28.2. The summed E-state index contributed by atoms with van der Waals surface area (Å²) in [4.78, 5) is 42.7. The largest absolute Gasteiger partial charge is 0.366 e. The van der Waals surface area contributed by atoms with E-state index in [1.165, 1.54) is 17.8 Å². The number of aromatic nitrogens is 2. The first-order chi connectivity index (χ1) is 19.3. The first-order valence-electron chi connectivity index (χ1n) is 13.4. The monoisotopic (exact) mass is 582 g/mol. The number of hydrogen-bond acceptors (Lipinski definition) is 7. The van der Waals surface area contributed by atoms with Crippen molar-refractivity contribution >= 4 is 46.7 Å². The Morgan fingerprint density at radius 2 is 1.68 bits per heavy atom. The maximum Gasteiger partial charge on any atom is 0.254 e. The van der Waals surface area contributed by atoms with E-state index in [9.17, 15) is 14.0 Å². The molecule has 1 aromatic heterocycles. The van der Waals surface area contributed by atoms with Gasteiger partial charge in [-0.1, -0.05) is 53.2 Å². The highest BCUT2D eigenvalue weighted by atomic mass is 35.5. The van der Waals surface area contributed by atoms with Gasteiger partial charge in [-0.2, -0.15) is 0 Å². The fourth-order valence-corrected chi connectivity index (χ4v) is 6.05. The van der Waals surface area contributed by atoms with Crippen LogP contribution in [0.4, 0.5) is 15.9 Å². The highest BCUT2D eigenvalue weighted by Gasteiger charge is 2.29. The van der Waals surface area contributed by atoms with E-state index in [0.717, 1.165) is 5.56 Å². The molecule has 1 unspecified atom stereocenters. The van der Waals surface area contributed by atoms with Gasteiger partial charge in [0.1, 0.15) is 16.8 Å². The molecule has 0 bridgehead atoms. The molecule has 0 aliphatic carbocycles. The number of benzene rings is 2. The average molecular weight is 583 g/mol. The standard InChI is InChI=1S/C29H32ClFN6O2S/c1-20-7-9-22(10-8-20)28(39)37-16-15-36(18-21(37)2)26-17-25(30)32-29(33-26)40-19-27(38)35-13-11-34(12-14-35)24-6-4-3-5-23(24)31/h3-10,17,21H,11-16,18-19H2,1-2H3. The Morgan fingerprint density at radius 3 is 2.38 bits per heavy atom. The first kappa shape index (κ1) is 28.2. The van der Waals surface area contributed by atoms with Crippen molar-refractivity contribution in [3.63, 3.8) is 0 Å². The van der Waals surface area contributed by atoms with Gasteiger partial charge in [-0.15, -0.1) is 0 Å². The molecule has 8 nitrogen and oxygen atoms in total. The van der Waals surface area contributed by atoms with Gasteiger partial charge in [0, 0.05) is 63.5 Å². The SMILES string of the molecule is Cc1ccc(C(=O)N2CCN(c3cc(Cl)nc(SCC(=O)N4CCN(c5ccccc5F)CC4)n3)CC2C)cc1. The van der Waals surface area contributed by atoms with Crippen LogP contribution in [-0.4, -0.2) is 89.2 Å². The van der Waals surface area contributed by atoms with Crippen molar-refractivity contribution in [1.82, 2.24) is 19.8 Å². The van der Waals surface area contributed by atoms with E-state index in [-0.39, 0.29) is 29.4 Å². The number of halogens is 2. The molecule has 2 aromatic carbocycles. The highest BCUT2D eigenvalue weighted by Crippen LogP contribution is 2.26. The highest BCUT2D eigenvalue weighted by molar-refractivity contribution is 7.99. The lowest BCUT2D eigenvalue weighted by Gasteiger charge is -2.40. The lowest BCUT2D eigenvalue weighted by atomic mass is 10.1. The van der Waals surface area contributed by atoms with Gasteiger partial charge in [0.2, 0.25) is 5.91 Å². The smallest absolute Gasteiger partial charge is 0.254 e. The van der Waals surface area contributed by atoms with Gasteiger partial charge >= 0.3 is 0 Å². The van der Waals surface area contributed by atoms with Crippen LogP contribution >= 0.6 is 23.4 Å². The second kappa shape index (κ2) is 12.4. The molecule has 2 amide bonds. The van der Waals surface area contributed by atoms with Gasteiger partial charge in [-0.25, -0.2) is 14.4 Å². The number of anilines is 2. The maximum atomic E-state index is 14.1. The van der Waals surface area contributed by atoms with E-state index >= 15 is 0 Å². The van der Waals surface area contributed by atoms with Crippen LogP contribution in [0.1, 0.15) is 22.8 Å². The van der Waals surface area contributed by atoms with Gasteiger partial charge in [-0.3, -0.25) is 9.59 Å². The molecule has 3 aromatic rings. The van der Waals surface area contributed by atoms with Crippen LogP contribution in [0, 0.1) is 12.7 Å². The third-order valence-corrected chi connectivity index (χ3v) is 8.35. The Hall–Kier alpha value is -3.37. The summed E-state index contributed by atoms with van der Waals surface area (Å²) in [6, 6.07) is 16.1. The van der Waals surface area contributed by atoms with Gasteiger partial charge in [0.25, 0.3) is 5.91 Å². The number of thioether (sulfide) groups is 1. The Kier molecular flexibility index (Phi) is 8.75. The van der Waals surface area contributed by atoms with Crippen LogP contribution in [0.25, 0.3) is 0 Å². The van der Waals surface area contributed by atoms with E-state index in [1.807, 2.05) is 54.0 Å². The van der Waals surface area contributed by atoms with Gasteiger partial charge in [0.15, 0.2) is 5.16 Å². The minimum atomic E-state index is -0.250. The Morgan fingerprint density at radius 1 is 0.975 bits per heavy atom. The minimum Gasteiger partial charge on any atom is -0.366 e. The van der Waals surface area contributed by atoms with Crippen molar-refractivity contribution in [3.8, 4) is 0 Å². The normalized spacial score (nSPS) is 17.8. The van der Waals surface area contributed by atoms with Crippen LogP contribution in [0.5, 0.6) is 0 Å². The average Bonchev–Trinajstić information content (AvgIpc) is 2.96. The van der Waals surface area contributed by atoms with E-state index in [1.54, 1.807) is 23.1 Å². The molecule has 0 radical (unpaired) electrons. The number of aryl methyl sites for hydroxylation is 1. The number of rotatable bonds is 6. The zero-order valence-electron chi connectivity index (χ0n) is 22.6. The summed E-state index contributed by atoms with van der Waals surface area (Å²) >= 11 is 7.60. The first-order valence-corrected chi connectivity index (χ1v) is 14.7. The molecule has 40 heavy (non-hydrogen) atoms. The zero-order valence-corrected chi connectivity index (χ0v) is 24.2. The number of carbonyl (C=O) groups excluding carboxylic acids is 2. The second-order valence-corrected chi connectivity index (χ2v) is 11.4.